The van der Waals surface area contributed by atoms with Gasteiger partial charge in [-0.15, -0.1) is 0 Å². The molecule has 0 aromatic carbocycles. The fraction of sp³-hybridized carbons (Fsp3) is 0.538. The van der Waals surface area contributed by atoms with Crippen LogP contribution < -0.4 is 0 Å². The number of carbonyl (C=O) groups excluding carboxylic acids is 1. The number of piperidine rings is 1. The molecular formula is C13H18N2O2. The smallest absolute Gasteiger partial charge is 0.254 e. The van der Waals surface area contributed by atoms with E-state index in [-0.39, 0.29) is 18.6 Å². The Kier molecular flexibility index (Phi) is 3.74. The predicted octanol–water partition coefficient (Wildman–Crippen LogP) is 1.38. The lowest BCUT2D eigenvalue weighted by Crippen LogP contribution is -2.45. The maximum absolute atomic E-state index is 12.3. The number of nitrogens with zero attached hydrogens (tertiary/aromatic N) is 2. The van der Waals surface area contributed by atoms with Crippen LogP contribution >= 0.6 is 0 Å². The Morgan fingerprint density at radius 1 is 1.59 bits per heavy atom. The first kappa shape index (κ1) is 12.0. The van der Waals surface area contributed by atoms with Crippen molar-refractivity contribution < 1.29 is 9.90 Å². The Labute approximate surface area is 101 Å². The van der Waals surface area contributed by atoms with E-state index >= 15 is 0 Å². The molecule has 1 N–H and O–H groups in total. The first-order chi connectivity index (χ1) is 8.22. The first-order valence-electron chi connectivity index (χ1n) is 6.07. The van der Waals surface area contributed by atoms with Crippen LogP contribution in [0, 0.1) is 6.92 Å². The SMILES string of the molecule is Cc1cc(C(=O)N2CCCC[C@H]2CO)ccn1. The summed E-state index contributed by atoms with van der Waals surface area (Å²) in [7, 11) is 0. The van der Waals surface area contributed by atoms with Crippen LogP contribution in [0.15, 0.2) is 18.3 Å². The molecule has 2 heterocycles. The molecule has 4 heteroatoms. The average molecular weight is 234 g/mol. The Morgan fingerprint density at radius 2 is 2.41 bits per heavy atom. The highest BCUT2D eigenvalue weighted by molar-refractivity contribution is 5.94. The quantitative estimate of drug-likeness (QED) is 0.841. The molecule has 1 fully saturated rings. The average Bonchev–Trinajstić information content (AvgIpc) is 2.38. The maximum Gasteiger partial charge on any atom is 0.254 e. The van der Waals surface area contributed by atoms with Gasteiger partial charge in [0.05, 0.1) is 12.6 Å². The van der Waals surface area contributed by atoms with Gasteiger partial charge in [0.15, 0.2) is 0 Å². The van der Waals surface area contributed by atoms with Gasteiger partial charge in [-0.25, -0.2) is 0 Å². The zero-order valence-electron chi connectivity index (χ0n) is 10.1. The van der Waals surface area contributed by atoms with Crippen molar-refractivity contribution in [2.45, 2.75) is 32.2 Å². The molecule has 0 saturated carbocycles. The molecule has 0 aliphatic carbocycles. The van der Waals surface area contributed by atoms with E-state index in [1.807, 2.05) is 6.92 Å². The third-order valence-corrected chi connectivity index (χ3v) is 3.24. The van der Waals surface area contributed by atoms with E-state index < -0.39 is 0 Å². The summed E-state index contributed by atoms with van der Waals surface area (Å²) in [5.41, 5.74) is 1.51. The molecule has 2 rings (SSSR count). The van der Waals surface area contributed by atoms with Crippen molar-refractivity contribution in [1.29, 1.82) is 0 Å². The largest absolute Gasteiger partial charge is 0.394 e. The summed E-state index contributed by atoms with van der Waals surface area (Å²) in [6, 6.07) is 3.51. The fourth-order valence-electron chi connectivity index (χ4n) is 2.30. The first-order valence-corrected chi connectivity index (χ1v) is 6.07. The van der Waals surface area contributed by atoms with Crippen molar-refractivity contribution in [2.75, 3.05) is 13.2 Å². The van der Waals surface area contributed by atoms with Crippen LogP contribution in [0.1, 0.15) is 35.3 Å². The second-order valence-corrected chi connectivity index (χ2v) is 4.52. The van der Waals surface area contributed by atoms with Crippen molar-refractivity contribution in [3.63, 3.8) is 0 Å². The van der Waals surface area contributed by atoms with Gasteiger partial charge < -0.3 is 10.0 Å². The third kappa shape index (κ3) is 2.64. The highest BCUT2D eigenvalue weighted by atomic mass is 16.3. The third-order valence-electron chi connectivity index (χ3n) is 3.24. The molecule has 1 amide bonds. The highest BCUT2D eigenvalue weighted by Crippen LogP contribution is 2.19. The Bertz CT molecular complexity index is 406. The molecule has 1 saturated heterocycles. The second kappa shape index (κ2) is 5.27. The van der Waals surface area contributed by atoms with Crippen LogP contribution in [0.5, 0.6) is 0 Å². The van der Waals surface area contributed by atoms with Crippen molar-refractivity contribution in [2.24, 2.45) is 0 Å². The molecule has 0 bridgehead atoms. The lowest BCUT2D eigenvalue weighted by atomic mass is 10.0. The van der Waals surface area contributed by atoms with E-state index in [4.69, 9.17) is 0 Å². The van der Waals surface area contributed by atoms with E-state index in [1.54, 1.807) is 23.2 Å². The minimum Gasteiger partial charge on any atom is -0.394 e. The number of likely N-dealkylation sites (tertiary alicyclic amines) is 1. The summed E-state index contributed by atoms with van der Waals surface area (Å²) in [5.74, 6) is 0.00856. The summed E-state index contributed by atoms with van der Waals surface area (Å²) < 4.78 is 0. The van der Waals surface area contributed by atoms with E-state index in [0.717, 1.165) is 31.5 Å². The second-order valence-electron chi connectivity index (χ2n) is 4.52. The lowest BCUT2D eigenvalue weighted by Gasteiger charge is -2.34. The van der Waals surface area contributed by atoms with E-state index in [1.165, 1.54) is 0 Å². The number of aromatic nitrogens is 1. The number of amides is 1. The van der Waals surface area contributed by atoms with Crippen LogP contribution in [-0.4, -0.2) is 40.1 Å². The number of hydrogen-bond acceptors (Lipinski definition) is 3. The standard InChI is InChI=1S/C13H18N2O2/c1-10-8-11(5-6-14-10)13(17)15-7-3-2-4-12(15)9-16/h5-6,8,12,16H,2-4,7,9H2,1H3/t12-/m0/s1. The van der Waals surface area contributed by atoms with E-state index in [0.29, 0.717) is 5.56 Å². The van der Waals surface area contributed by atoms with Gasteiger partial charge in [0.1, 0.15) is 0 Å². The number of aryl methyl sites for hydroxylation is 1. The Hall–Kier alpha value is -1.42. The van der Waals surface area contributed by atoms with Crippen LogP contribution in [0.3, 0.4) is 0 Å². The molecule has 1 aromatic heterocycles. The predicted molar refractivity (Wildman–Crippen MR) is 64.7 cm³/mol. The lowest BCUT2D eigenvalue weighted by molar-refractivity contribution is 0.0503. The number of carbonyl (C=O) groups is 1. The topological polar surface area (TPSA) is 53.4 Å². The van der Waals surface area contributed by atoms with Crippen molar-refractivity contribution in [3.8, 4) is 0 Å². The molecule has 1 aliphatic rings. The van der Waals surface area contributed by atoms with Crippen LogP contribution in [0.25, 0.3) is 0 Å². The van der Waals surface area contributed by atoms with Gasteiger partial charge in [-0.05, 0) is 38.3 Å². The number of aliphatic hydroxyl groups excluding tert-OH is 1. The Balaban J connectivity index is 2.18. The molecular weight excluding hydrogens is 216 g/mol. The van der Waals surface area contributed by atoms with Crippen molar-refractivity contribution >= 4 is 5.91 Å². The normalized spacial score (nSPS) is 20.4. The molecule has 1 atom stereocenters. The zero-order valence-corrected chi connectivity index (χ0v) is 10.1. The summed E-state index contributed by atoms with van der Waals surface area (Å²) in [4.78, 5) is 18.2. The molecule has 1 aliphatic heterocycles. The van der Waals surface area contributed by atoms with Crippen LogP contribution in [0.2, 0.25) is 0 Å². The minimum atomic E-state index is -0.0234. The molecule has 0 radical (unpaired) electrons. The van der Waals surface area contributed by atoms with Gasteiger partial charge in [-0.3, -0.25) is 9.78 Å². The molecule has 0 unspecified atom stereocenters. The maximum atomic E-state index is 12.3. The van der Waals surface area contributed by atoms with Crippen molar-refractivity contribution in [1.82, 2.24) is 9.88 Å². The zero-order chi connectivity index (χ0) is 12.3. The molecule has 0 spiro atoms. The number of hydrogen-bond donors (Lipinski definition) is 1. The van der Waals surface area contributed by atoms with Crippen LogP contribution in [-0.2, 0) is 0 Å². The van der Waals surface area contributed by atoms with Gasteiger partial charge in [0, 0.05) is 24.0 Å². The van der Waals surface area contributed by atoms with E-state index in [2.05, 4.69) is 4.98 Å². The minimum absolute atomic E-state index is 0.00856. The van der Waals surface area contributed by atoms with Crippen LogP contribution in [0.4, 0.5) is 0 Å². The van der Waals surface area contributed by atoms with Gasteiger partial charge >= 0.3 is 0 Å². The van der Waals surface area contributed by atoms with Gasteiger partial charge in [-0.1, -0.05) is 0 Å². The monoisotopic (exact) mass is 234 g/mol. The number of aliphatic hydroxyl groups is 1. The summed E-state index contributed by atoms with van der Waals surface area (Å²) in [6.45, 7) is 2.66. The summed E-state index contributed by atoms with van der Waals surface area (Å²) >= 11 is 0. The summed E-state index contributed by atoms with van der Waals surface area (Å²) in [5, 5.41) is 9.31. The number of pyridine rings is 1. The van der Waals surface area contributed by atoms with Gasteiger partial charge in [-0.2, -0.15) is 0 Å². The fourth-order valence-corrected chi connectivity index (χ4v) is 2.30. The van der Waals surface area contributed by atoms with Gasteiger partial charge in [0.2, 0.25) is 0 Å². The molecule has 1 aromatic rings. The molecule has 17 heavy (non-hydrogen) atoms. The molecule has 92 valence electrons. The summed E-state index contributed by atoms with van der Waals surface area (Å²) in [6.07, 6.45) is 4.66. The van der Waals surface area contributed by atoms with Crippen molar-refractivity contribution in [3.05, 3.63) is 29.6 Å². The highest BCUT2D eigenvalue weighted by Gasteiger charge is 2.26. The van der Waals surface area contributed by atoms with Gasteiger partial charge in [0.25, 0.3) is 5.91 Å². The van der Waals surface area contributed by atoms with E-state index in [9.17, 15) is 9.90 Å². The number of rotatable bonds is 2. The molecule has 4 nitrogen and oxygen atoms in total. The Morgan fingerprint density at radius 3 is 3.12 bits per heavy atom.